The molecule has 0 aromatic heterocycles. The Morgan fingerprint density at radius 1 is 1.00 bits per heavy atom. The number of unbranched alkanes of at least 4 members (excludes halogenated alkanes) is 3. The van der Waals surface area contributed by atoms with E-state index >= 15 is 0 Å². The molecule has 0 saturated carbocycles. The number of hydrogen-bond acceptors (Lipinski definition) is 3. The Morgan fingerprint density at radius 2 is 1.75 bits per heavy atom. The molecule has 4 heteroatoms. The van der Waals surface area contributed by atoms with Crippen LogP contribution in [0.5, 0.6) is 0 Å². The quantitative estimate of drug-likeness (QED) is 0.214. The molecule has 0 aliphatic carbocycles. The van der Waals surface area contributed by atoms with Crippen molar-refractivity contribution in [1.29, 1.82) is 0 Å². The van der Waals surface area contributed by atoms with Crippen molar-refractivity contribution in [2.45, 2.75) is 64.4 Å². The zero-order valence-electron chi connectivity index (χ0n) is 14.6. The molecule has 0 heterocycles. The van der Waals surface area contributed by atoms with Crippen molar-refractivity contribution >= 4 is 11.8 Å². The molecule has 4 nitrogen and oxygen atoms in total. The number of carbonyl (C=O) groups is 2. The maximum Gasteiger partial charge on any atom is 0.303 e. The van der Waals surface area contributed by atoms with Crippen LogP contribution in [0.4, 0.5) is 0 Å². The fourth-order valence-electron chi connectivity index (χ4n) is 1.94. The molecule has 0 spiro atoms. The van der Waals surface area contributed by atoms with Gasteiger partial charge in [0.25, 0.3) is 0 Å². The van der Waals surface area contributed by atoms with Crippen LogP contribution in [0.15, 0.2) is 48.6 Å². The van der Waals surface area contributed by atoms with Gasteiger partial charge in [-0.05, 0) is 31.8 Å². The first kappa shape index (κ1) is 22.1. The van der Waals surface area contributed by atoms with Gasteiger partial charge in [-0.25, -0.2) is 0 Å². The van der Waals surface area contributed by atoms with Crippen molar-refractivity contribution in [2.24, 2.45) is 0 Å². The lowest BCUT2D eigenvalue weighted by Crippen LogP contribution is -2.03. The number of aliphatic carboxylic acids is 1. The van der Waals surface area contributed by atoms with E-state index in [9.17, 15) is 14.7 Å². The summed E-state index contributed by atoms with van der Waals surface area (Å²) in [6.45, 7) is 2.17. The highest BCUT2D eigenvalue weighted by atomic mass is 16.4. The first-order valence-electron chi connectivity index (χ1n) is 8.65. The van der Waals surface area contributed by atoms with Gasteiger partial charge in [-0.2, -0.15) is 0 Å². The Hall–Kier alpha value is -1.94. The summed E-state index contributed by atoms with van der Waals surface area (Å²) in [5.41, 5.74) is 0. The molecule has 134 valence electrons. The Bertz CT molecular complexity index is 458. The Labute approximate surface area is 145 Å². The first-order chi connectivity index (χ1) is 11.6. The highest BCUT2D eigenvalue weighted by Gasteiger charge is 2.01. The summed E-state index contributed by atoms with van der Waals surface area (Å²) in [4.78, 5) is 21.9. The fourth-order valence-corrected chi connectivity index (χ4v) is 1.94. The Balaban J connectivity index is 3.83. The third-order valence-corrected chi connectivity index (χ3v) is 3.30. The first-order valence-corrected chi connectivity index (χ1v) is 8.65. The van der Waals surface area contributed by atoms with Gasteiger partial charge in [0.05, 0.1) is 6.10 Å². The standard InChI is InChI=1S/C20H30O4/c1-2-3-4-5-6-9-13-18(21)14-10-7-8-11-15-19(22)16-12-17-20(23)24/h6-11,14-15,19,22H,2-5,12-13,16-17H2,1H3,(H,23,24)/b8-7+,9-6-,14-10+,15-11-. The van der Waals surface area contributed by atoms with Gasteiger partial charge >= 0.3 is 5.97 Å². The Kier molecular flexibility index (Phi) is 14.6. The number of allylic oxidation sites excluding steroid dienone is 7. The van der Waals surface area contributed by atoms with Crippen LogP contribution in [0, 0.1) is 0 Å². The van der Waals surface area contributed by atoms with Crippen molar-refractivity contribution in [3.8, 4) is 0 Å². The predicted molar refractivity (Wildman–Crippen MR) is 97.8 cm³/mol. The van der Waals surface area contributed by atoms with Crippen LogP contribution in [0.2, 0.25) is 0 Å². The van der Waals surface area contributed by atoms with E-state index in [0.29, 0.717) is 19.3 Å². The minimum Gasteiger partial charge on any atom is -0.481 e. The molecular formula is C20H30O4. The van der Waals surface area contributed by atoms with Crippen LogP contribution >= 0.6 is 0 Å². The zero-order valence-corrected chi connectivity index (χ0v) is 14.6. The van der Waals surface area contributed by atoms with Crippen molar-refractivity contribution < 1.29 is 19.8 Å². The second kappa shape index (κ2) is 15.9. The summed E-state index contributed by atoms with van der Waals surface area (Å²) in [5.74, 6) is -0.791. The molecule has 0 aliphatic rings. The molecule has 0 amide bonds. The fraction of sp³-hybridized carbons (Fsp3) is 0.500. The van der Waals surface area contributed by atoms with Crippen molar-refractivity contribution in [3.05, 3.63) is 48.6 Å². The molecule has 0 bridgehead atoms. The summed E-state index contributed by atoms with van der Waals surface area (Å²) < 4.78 is 0. The second-order valence-corrected chi connectivity index (χ2v) is 5.62. The lowest BCUT2D eigenvalue weighted by molar-refractivity contribution is -0.137. The number of hydrogen-bond donors (Lipinski definition) is 2. The molecule has 1 atom stereocenters. The second-order valence-electron chi connectivity index (χ2n) is 5.62. The number of aliphatic hydroxyl groups is 1. The summed E-state index contributed by atoms with van der Waals surface area (Å²) in [7, 11) is 0. The predicted octanol–water partition coefficient (Wildman–Crippen LogP) is 4.37. The van der Waals surface area contributed by atoms with Gasteiger partial charge in [0.15, 0.2) is 5.78 Å². The van der Waals surface area contributed by atoms with Crippen LogP contribution < -0.4 is 0 Å². The molecule has 24 heavy (non-hydrogen) atoms. The van der Waals surface area contributed by atoms with Gasteiger partial charge in [0, 0.05) is 12.8 Å². The third kappa shape index (κ3) is 16.4. The van der Waals surface area contributed by atoms with Gasteiger partial charge in [-0.1, -0.05) is 62.3 Å². The lowest BCUT2D eigenvalue weighted by atomic mass is 10.1. The van der Waals surface area contributed by atoms with Crippen molar-refractivity contribution in [1.82, 2.24) is 0 Å². The van der Waals surface area contributed by atoms with Crippen LogP contribution in [0.3, 0.4) is 0 Å². The summed E-state index contributed by atoms with van der Waals surface area (Å²) in [6, 6.07) is 0. The molecule has 2 N–H and O–H groups in total. The molecule has 0 radical (unpaired) electrons. The van der Waals surface area contributed by atoms with Crippen LogP contribution in [0.25, 0.3) is 0 Å². The van der Waals surface area contributed by atoms with Crippen molar-refractivity contribution in [3.63, 3.8) is 0 Å². The molecule has 1 unspecified atom stereocenters. The minimum atomic E-state index is -0.850. The van der Waals surface area contributed by atoms with Gasteiger partial charge in [0.1, 0.15) is 0 Å². The lowest BCUT2D eigenvalue weighted by Gasteiger charge is -2.02. The van der Waals surface area contributed by atoms with E-state index in [4.69, 9.17) is 5.11 Å². The average molecular weight is 334 g/mol. The third-order valence-electron chi connectivity index (χ3n) is 3.30. The molecule has 0 aromatic rings. The summed E-state index contributed by atoms with van der Waals surface area (Å²) in [6.07, 6.45) is 19.3. The van der Waals surface area contributed by atoms with E-state index in [1.165, 1.54) is 25.3 Å². The maximum absolute atomic E-state index is 11.6. The molecule has 0 rings (SSSR count). The van der Waals surface area contributed by atoms with Gasteiger partial charge in [-0.3, -0.25) is 9.59 Å². The van der Waals surface area contributed by atoms with Gasteiger partial charge in [-0.15, -0.1) is 0 Å². The van der Waals surface area contributed by atoms with E-state index in [-0.39, 0.29) is 12.2 Å². The number of carboxylic acids is 1. The topological polar surface area (TPSA) is 74.6 Å². The van der Waals surface area contributed by atoms with E-state index in [0.717, 1.165) is 6.42 Å². The number of ketones is 1. The highest BCUT2D eigenvalue weighted by molar-refractivity contribution is 5.90. The molecule has 0 aliphatic heterocycles. The highest BCUT2D eigenvalue weighted by Crippen LogP contribution is 2.02. The number of aliphatic hydroxyl groups excluding tert-OH is 1. The summed E-state index contributed by atoms with van der Waals surface area (Å²) >= 11 is 0. The van der Waals surface area contributed by atoms with E-state index < -0.39 is 12.1 Å². The molecular weight excluding hydrogens is 304 g/mol. The number of rotatable bonds is 14. The van der Waals surface area contributed by atoms with E-state index in [2.05, 4.69) is 13.0 Å². The van der Waals surface area contributed by atoms with E-state index in [1.54, 1.807) is 30.4 Å². The maximum atomic E-state index is 11.6. The average Bonchev–Trinajstić information content (AvgIpc) is 2.53. The molecule has 0 aromatic carbocycles. The number of carboxylic acid groups (broad SMARTS) is 1. The monoisotopic (exact) mass is 334 g/mol. The minimum absolute atomic E-state index is 0.0593. The Morgan fingerprint density at radius 3 is 2.46 bits per heavy atom. The van der Waals surface area contributed by atoms with Crippen LogP contribution in [-0.2, 0) is 9.59 Å². The zero-order chi connectivity index (χ0) is 18.0. The van der Waals surface area contributed by atoms with E-state index in [1.807, 2.05) is 6.08 Å². The molecule has 0 fully saturated rings. The normalized spacial score (nSPS) is 13.6. The number of carbonyl (C=O) groups excluding carboxylic acids is 1. The van der Waals surface area contributed by atoms with Crippen LogP contribution in [0.1, 0.15) is 58.3 Å². The largest absolute Gasteiger partial charge is 0.481 e. The van der Waals surface area contributed by atoms with Gasteiger partial charge < -0.3 is 10.2 Å². The van der Waals surface area contributed by atoms with Crippen LogP contribution in [-0.4, -0.2) is 28.1 Å². The SMILES string of the molecule is CCCCC/C=C\CC(=O)/C=C/C=C/C=C\C(O)CCCC(=O)O. The summed E-state index contributed by atoms with van der Waals surface area (Å²) in [5, 5.41) is 18.1. The van der Waals surface area contributed by atoms with Crippen molar-refractivity contribution in [2.75, 3.05) is 0 Å². The smallest absolute Gasteiger partial charge is 0.303 e. The van der Waals surface area contributed by atoms with Gasteiger partial charge in [0.2, 0.25) is 0 Å². The molecule has 0 saturated heterocycles.